The second-order valence-corrected chi connectivity index (χ2v) is 5.11. The highest BCUT2D eigenvalue weighted by molar-refractivity contribution is 9.10. The van der Waals surface area contributed by atoms with Crippen LogP contribution in [0, 0.1) is 0 Å². The highest BCUT2D eigenvalue weighted by atomic mass is 79.9. The van der Waals surface area contributed by atoms with Crippen molar-refractivity contribution in [1.29, 1.82) is 0 Å². The molecule has 0 bridgehead atoms. The van der Waals surface area contributed by atoms with Crippen molar-refractivity contribution in [2.75, 3.05) is 0 Å². The van der Waals surface area contributed by atoms with E-state index < -0.39 is 5.51 Å². The summed E-state index contributed by atoms with van der Waals surface area (Å²) < 4.78 is 37.3. The molecule has 0 fully saturated rings. The van der Waals surface area contributed by atoms with Gasteiger partial charge in [-0.2, -0.15) is 13.2 Å². The van der Waals surface area contributed by atoms with E-state index in [2.05, 4.69) is 20.9 Å². The molecule has 0 atom stereocenters. The van der Waals surface area contributed by atoms with Crippen molar-refractivity contribution in [2.45, 2.75) is 10.4 Å². The van der Waals surface area contributed by atoms with Gasteiger partial charge in [-0.25, -0.2) is 0 Å². The molecule has 1 aromatic heterocycles. The molecule has 0 saturated heterocycles. The second-order valence-electron chi connectivity index (χ2n) is 3.06. The van der Waals surface area contributed by atoms with E-state index in [0.29, 0.717) is 10.9 Å². The molecule has 1 heterocycles. The SMILES string of the molecule is FC(F)(F)Sc1cnc2ccc(Br)cc2c1. The summed E-state index contributed by atoms with van der Waals surface area (Å²) in [6.45, 7) is 0. The summed E-state index contributed by atoms with van der Waals surface area (Å²) >= 11 is 3.11. The lowest BCUT2D eigenvalue weighted by Gasteiger charge is -2.06. The Hall–Kier alpha value is -0.750. The lowest BCUT2D eigenvalue weighted by atomic mass is 10.2. The van der Waals surface area contributed by atoms with Gasteiger partial charge in [-0.05, 0) is 36.0 Å². The summed E-state index contributed by atoms with van der Waals surface area (Å²) in [7, 11) is 0. The number of alkyl halides is 3. The van der Waals surface area contributed by atoms with Gasteiger partial charge in [0.05, 0.1) is 5.52 Å². The minimum Gasteiger partial charge on any atom is -0.255 e. The Balaban J connectivity index is 2.43. The maximum absolute atomic E-state index is 12.1. The van der Waals surface area contributed by atoms with E-state index in [4.69, 9.17) is 0 Å². The van der Waals surface area contributed by atoms with Crippen molar-refractivity contribution in [2.24, 2.45) is 0 Å². The Morgan fingerprint density at radius 1 is 1.19 bits per heavy atom. The van der Waals surface area contributed by atoms with Crippen LogP contribution in [0.4, 0.5) is 13.2 Å². The van der Waals surface area contributed by atoms with Gasteiger partial charge in [0.1, 0.15) is 0 Å². The molecule has 1 aromatic carbocycles. The minimum atomic E-state index is -4.28. The number of rotatable bonds is 1. The number of hydrogen-bond donors (Lipinski definition) is 0. The molecule has 0 aliphatic rings. The first kappa shape index (κ1) is 11.7. The molecular formula is C10H5BrF3NS. The van der Waals surface area contributed by atoms with Crippen LogP contribution >= 0.6 is 27.7 Å². The Morgan fingerprint density at radius 2 is 1.94 bits per heavy atom. The first-order valence-corrected chi connectivity index (χ1v) is 5.86. The van der Waals surface area contributed by atoms with Gasteiger partial charge in [0.2, 0.25) is 0 Å². The molecule has 0 saturated carbocycles. The van der Waals surface area contributed by atoms with Crippen LogP contribution in [0.25, 0.3) is 10.9 Å². The molecule has 0 aliphatic carbocycles. The standard InChI is InChI=1S/C10H5BrF3NS/c11-7-1-2-9-6(3-7)4-8(5-15-9)16-10(12,13)14/h1-5H. The number of aromatic nitrogens is 1. The van der Waals surface area contributed by atoms with Gasteiger partial charge in [-0.1, -0.05) is 15.9 Å². The molecule has 84 valence electrons. The van der Waals surface area contributed by atoms with Crippen LogP contribution in [0.5, 0.6) is 0 Å². The van der Waals surface area contributed by atoms with Crippen LogP contribution in [0.3, 0.4) is 0 Å². The summed E-state index contributed by atoms with van der Waals surface area (Å²) in [4.78, 5) is 4.06. The van der Waals surface area contributed by atoms with Crippen molar-refractivity contribution in [3.05, 3.63) is 34.9 Å². The quantitative estimate of drug-likeness (QED) is 0.714. The third-order valence-electron chi connectivity index (χ3n) is 1.85. The summed E-state index contributed by atoms with van der Waals surface area (Å²) in [5.41, 5.74) is -3.60. The fourth-order valence-corrected chi connectivity index (χ4v) is 2.21. The average molecular weight is 308 g/mol. The highest BCUT2D eigenvalue weighted by Gasteiger charge is 2.29. The van der Waals surface area contributed by atoms with Gasteiger partial charge in [-0.15, -0.1) is 0 Å². The molecule has 2 rings (SSSR count). The molecule has 0 aliphatic heterocycles. The predicted octanol–water partition coefficient (Wildman–Crippen LogP) is 4.61. The lowest BCUT2D eigenvalue weighted by Crippen LogP contribution is -1.99. The van der Waals surface area contributed by atoms with Crippen LogP contribution in [-0.4, -0.2) is 10.5 Å². The van der Waals surface area contributed by atoms with Crippen molar-refractivity contribution < 1.29 is 13.2 Å². The van der Waals surface area contributed by atoms with Crippen LogP contribution in [0.15, 0.2) is 39.8 Å². The molecule has 2 aromatic rings. The Kier molecular flexibility index (Phi) is 3.12. The second kappa shape index (κ2) is 4.25. The molecular weight excluding hydrogens is 303 g/mol. The molecule has 0 amide bonds. The number of halogens is 4. The normalized spacial score (nSPS) is 12.0. The Labute approximate surface area is 102 Å². The molecule has 16 heavy (non-hydrogen) atoms. The van der Waals surface area contributed by atoms with Crippen LogP contribution in [0.2, 0.25) is 0 Å². The van der Waals surface area contributed by atoms with E-state index in [9.17, 15) is 13.2 Å². The zero-order chi connectivity index (χ0) is 11.8. The summed E-state index contributed by atoms with van der Waals surface area (Å²) in [6, 6.07) is 6.77. The summed E-state index contributed by atoms with van der Waals surface area (Å²) in [5.74, 6) is 0. The third-order valence-corrected chi connectivity index (χ3v) is 3.04. The molecule has 0 spiro atoms. The van der Waals surface area contributed by atoms with E-state index in [-0.39, 0.29) is 16.7 Å². The molecule has 0 unspecified atom stereocenters. The first-order chi connectivity index (χ1) is 7.44. The summed E-state index contributed by atoms with van der Waals surface area (Å²) in [6.07, 6.45) is 1.23. The van der Waals surface area contributed by atoms with Crippen LogP contribution in [0.1, 0.15) is 0 Å². The van der Waals surface area contributed by atoms with Crippen molar-refractivity contribution in [3.8, 4) is 0 Å². The number of hydrogen-bond acceptors (Lipinski definition) is 2. The largest absolute Gasteiger partial charge is 0.446 e. The Morgan fingerprint density at radius 3 is 2.62 bits per heavy atom. The molecule has 1 nitrogen and oxygen atoms in total. The monoisotopic (exact) mass is 307 g/mol. The molecule has 0 radical (unpaired) electrons. The van der Waals surface area contributed by atoms with E-state index in [1.807, 2.05) is 0 Å². The van der Waals surface area contributed by atoms with E-state index in [1.165, 1.54) is 12.3 Å². The fourth-order valence-electron chi connectivity index (χ4n) is 1.27. The van der Waals surface area contributed by atoms with E-state index in [1.54, 1.807) is 18.2 Å². The lowest BCUT2D eigenvalue weighted by molar-refractivity contribution is -0.0328. The smallest absolute Gasteiger partial charge is 0.255 e. The minimum absolute atomic E-state index is 0.0955. The van der Waals surface area contributed by atoms with Gasteiger partial charge >= 0.3 is 5.51 Å². The van der Waals surface area contributed by atoms with Gasteiger partial charge in [-0.3, -0.25) is 4.98 Å². The predicted molar refractivity (Wildman–Crippen MR) is 61.4 cm³/mol. The van der Waals surface area contributed by atoms with Crippen LogP contribution < -0.4 is 0 Å². The zero-order valence-electron chi connectivity index (χ0n) is 7.75. The molecule has 6 heteroatoms. The first-order valence-electron chi connectivity index (χ1n) is 4.25. The van der Waals surface area contributed by atoms with Crippen molar-refractivity contribution in [1.82, 2.24) is 4.98 Å². The number of nitrogens with zero attached hydrogens (tertiary/aromatic N) is 1. The highest BCUT2D eigenvalue weighted by Crippen LogP contribution is 2.37. The number of fused-ring (bicyclic) bond motifs is 1. The van der Waals surface area contributed by atoms with Crippen LogP contribution in [-0.2, 0) is 0 Å². The van der Waals surface area contributed by atoms with E-state index in [0.717, 1.165) is 4.47 Å². The number of pyridine rings is 1. The number of benzene rings is 1. The summed E-state index contributed by atoms with van der Waals surface area (Å²) in [5, 5.41) is 0.684. The maximum atomic E-state index is 12.1. The van der Waals surface area contributed by atoms with Crippen molar-refractivity contribution in [3.63, 3.8) is 0 Å². The van der Waals surface area contributed by atoms with Gasteiger partial charge in [0.15, 0.2) is 0 Å². The Bertz CT molecular complexity index is 527. The topological polar surface area (TPSA) is 12.9 Å². The average Bonchev–Trinajstić information content (AvgIpc) is 2.14. The van der Waals surface area contributed by atoms with Gasteiger partial charge in [0.25, 0.3) is 0 Å². The number of thioether (sulfide) groups is 1. The maximum Gasteiger partial charge on any atom is 0.446 e. The third kappa shape index (κ3) is 2.89. The van der Waals surface area contributed by atoms with Gasteiger partial charge < -0.3 is 0 Å². The fraction of sp³-hybridized carbons (Fsp3) is 0.100. The van der Waals surface area contributed by atoms with Gasteiger partial charge in [0, 0.05) is 21.0 Å². The van der Waals surface area contributed by atoms with E-state index >= 15 is 0 Å². The molecule has 0 N–H and O–H groups in total. The van der Waals surface area contributed by atoms with Crippen molar-refractivity contribution >= 4 is 38.6 Å². The zero-order valence-corrected chi connectivity index (χ0v) is 10.2.